The number of carbonyl (C=O) groups excluding carboxylic acids is 2. The zero-order valence-electron chi connectivity index (χ0n) is 11.7. The fourth-order valence-electron chi connectivity index (χ4n) is 2.49. The topological polar surface area (TPSA) is 133 Å². The van der Waals surface area contributed by atoms with E-state index in [4.69, 9.17) is 16.2 Å². The van der Waals surface area contributed by atoms with Crippen LogP contribution in [0.25, 0.3) is 0 Å². The average molecular weight is 307 g/mol. The van der Waals surface area contributed by atoms with Gasteiger partial charge in [0.2, 0.25) is 0 Å². The highest BCUT2D eigenvalue weighted by Gasteiger charge is 2.34. The van der Waals surface area contributed by atoms with Gasteiger partial charge in [0, 0.05) is 13.1 Å². The van der Waals surface area contributed by atoms with Gasteiger partial charge >= 0.3 is 11.3 Å². The van der Waals surface area contributed by atoms with E-state index in [1.54, 1.807) is 13.8 Å². The van der Waals surface area contributed by atoms with E-state index in [1.165, 1.54) is 0 Å². The summed E-state index contributed by atoms with van der Waals surface area (Å²) in [6.45, 7) is 3.99. The Morgan fingerprint density at radius 1 is 1.25 bits per heavy atom. The van der Waals surface area contributed by atoms with E-state index in [9.17, 15) is 18.0 Å². The molecule has 20 heavy (non-hydrogen) atoms. The van der Waals surface area contributed by atoms with Crippen LogP contribution in [0.2, 0.25) is 0 Å². The number of sulfonamides is 1. The number of rotatable bonds is 4. The number of ether oxygens (including phenoxy) is 1. The van der Waals surface area contributed by atoms with Gasteiger partial charge in [-0.05, 0) is 39.0 Å². The number of primary amides is 2. The molecule has 0 saturated carbocycles. The highest BCUT2D eigenvalue weighted by atomic mass is 32.2. The van der Waals surface area contributed by atoms with Crippen molar-refractivity contribution in [1.82, 2.24) is 4.31 Å². The first-order chi connectivity index (χ1) is 9.04. The lowest BCUT2D eigenvalue weighted by molar-refractivity contribution is 0.0206. The van der Waals surface area contributed by atoms with Crippen LogP contribution in [0.1, 0.15) is 33.1 Å². The SMILES string of the molecule is CC(C)(CC1CCN(S(=O)(=O)C(N)=O)CC1)OC(N)=O. The minimum atomic E-state index is -4.02. The second-order valence-corrected chi connectivity index (χ2v) is 7.42. The molecule has 0 aromatic carbocycles. The molecule has 0 aromatic rings. The molecule has 9 heteroatoms. The van der Waals surface area contributed by atoms with E-state index >= 15 is 0 Å². The summed E-state index contributed by atoms with van der Waals surface area (Å²) in [5.41, 5.74) is 9.16. The van der Waals surface area contributed by atoms with E-state index in [1.807, 2.05) is 0 Å². The molecule has 0 radical (unpaired) electrons. The largest absolute Gasteiger partial charge is 0.444 e. The maximum Gasteiger partial charge on any atom is 0.405 e. The zero-order valence-corrected chi connectivity index (χ0v) is 12.5. The summed E-state index contributed by atoms with van der Waals surface area (Å²) in [6.07, 6.45) is 0.917. The Bertz CT molecular complexity index is 480. The molecule has 1 aliphatic heterocycles. The minimum absolute atomic E-state index is 0.198. The highest BCUT2D eigenvalue weighted by Crippen LogP contribution is 2.29. The lowest BCUT2D eigenvalue weighted by Crippen LogP contribution is -2.44. The fourth-order valence-corrected chi connectivity index (χ4v) is 3.44. The molecular weight excluding hydrogens is 286 g/mol. The quantitative estimate of drug-likeness (QED) is 0.774. The van der Waals surface area contributed by atoms with E-state index in [2.05, 4.69) is 0 Å². The fraction of sp³-hybridized carbons (Fsp3) is 0.818. The van der Waals surface area contributed by atoms with Crippen molar-refractivity contribution in [3.05, 3.63) is 0 Å². The minimum Gasteiger partial charge on any atom is -0.444 e. The van der Waals surface area contributed by atoms with E-state index in [0.717, 1.165) is 4.31 Å². The second kappa shape index (κ2) is 5.96. The number of nitrogens with zero attached hydrogens (tertiary/aromatic N) is 1. The lowest BCUT2D eigenvalue weighted by atomic mass is 9.87. The van der Waals surface area contributed by atoms with Gasteiger partial charge in [-0.1, -0.05) is 0 Å². The van der Waals surface area contributed by atoms with Crippen LogP contribution in [0.3, 0.4) is 0 Å². The van der Waals surface area contributed by atoms with Gasteiger partial charge in [0.25, 0.3) is 10.0 Å². The number of piperidine rings is 1. The van der Waals surface area contributed by atoms with Crippen molar-refractivity contribution >= 4 is 21.4 Å². The summed E-state index contributed by atoms with van der Waals surface area (Å²) in [5.74, 6) is 0.198. The van der Waals surface area contributed by atoms with Gasteiger partial charge in [0.05, 0.1) is 0 Å². The Hall–Kier alpha value is -1.35. The third-order valence-corrected chi connectivity index (χ3v) is 4.88. The Labute approximate surface area is 118 Å². The van der Waals surface area contributed by atoms with Gasteiger partial charge in [0.15, 0.2) is 0 Å². The van der Waals surface area contributed by atoms with Crippen molar-refractivity contribution in [3.63, 3.8) is 0 Å². The van der Waals surface area contributed by atoms with Gasteiger partial charge in [0.1, 0.15) is 5.60 Å². The van der Waals surface area contributed by atoms with Gasteiger partial charge < -0.3 is 16.2 Å². The van der Waals surface area contributed by atoms with Crippen LogP contribution in [-0.4, -0.2) is 42.7 Å². The molecule has 0 spiro atoms. The highest BCUT2D eigenvalue weighted by molar-refractivity contribution is 8.03. The summed E-state index contributed by atoms with van der Waals surface area (Å²) in [6, 6.07) is 0. The number of hydrogen-bond donors (Lipinski definition) is 2. The van der Waals surface area contributed by atoms with Crippen molar-refractivity contribution in [1.29, 1.82) is 0 Å². The third-order valence-electron chi connectivity index (χ3n) is 3.32. The Morgan fingerprint density at radius 3 is 2.15 bits per heavy atom. The Morgan fingerprint density at radius 2 is 1.75 bits per heavy atom. The first-order valence-electron chi connectivity index (χ1n) is 6.32. The standard InChI is InChI=1S/C11H21N3O5S/c1-11(2,19-9(12)15)7-8-3-5-14(6-4-8)20(17,18)10(13)16/h8H,3-7H2,1-2H3,(H2,12,15)(H2,13,16). The average Bonchev–Trinajstić information content (AvgIpc) is 2.26. The molecule has 0 atom stereocenters. The summed E-state index contributed by atoms with van der Waals surface area (Å²) in [4.78, 5) is 21.6. The molecule has 2 amide bonds. The van der Waals surface area contributed by atoms with Crippen LogP contribution in [-0.2, 0) is 14.8 Å². The van der Waals surface area contributed by atoms with Gasteiger partial charge in [-0.15, -0.1) is 0 Å². The number of hydrogen-bond acceptors (Lipinski definition) is 5. The predicted octanol–water partition coefficient (Wildman–Crippen LogP) is 0.371. The van der Waals surface area contributed by atoms with Crippen molar-refractivity contribution < 1.29 is 22.7 Å². The van der Waals surface area contributed by atoms with Crippen LogP contribution in [0.4, 0.5) is 9.59 Å². The van der Waals surface area contributed by atoms with E-state index in [-0.39, 0.29) is 19.0 Å². The maximum absolute atomic E-state index is 11.6. The van der Waals surface area contributed by atoms with Crippen molar-refractivity contribution in [2.45, 2.75) is 38.7 Å². The van der Waals surface area contributed by atoms with Crippen LogP contribution in [0.15, 0.2) is 0 Å². The van der Waals surface area contributed by atoms with Crippen molar-refractivity contribution in [3.8, 4) is 0 Å². The molecule has 0 bridgehead atoms. The van der Waals surface area contributed by atoms with Crippen LogP contribution < -0.4 is 11.5 Å². The molecule has 116 valence electrons. The van der Waals surface area contributed by atoms with Crippen molar-refractivity contribution in [2.75, 3.05) is 13.1 Å². The normalized spacial score (nSPS) is 18.7. The van der Waals surface area contributed by atoms with E-state index < -0.39 is 27.0 Å². The Kier molecular flexibility index (Phi) is 4.98. The van der Waals surface area contributed by atoms with Crippen molar-refractivity contribution in [2.24, 2.45) is 17.4 Å². The number of carbonyl (C=O) groups is 2. The summed E-state index contributed by atoms with van der Waals surface area (Å²) >= 11 is 0. The molecule has 1 fully saturated rings. The summed E-state index contributed by atoms with van der Waals surface area (Å²) < 4.78 is 29.3. The molecule has 8 nitrogen and oxygen atoms in total. The second-order valence-electron chi connectivity index (χ2n) is 5.55. The number of nitrogens with two attached hydrogens (primary N) is 2. The van der Waals surface area contributed by atoms with Gasteiger partial charge in [-0.25, -0.2) is 13.2 Å². The molecule has 1 aliphatic rings. The summed E-state index contributed by atoms with van der Waals surface area (Å²) in [5, 5.41) is -1.33. The molecule has 1 heterocycles. The Balaban J connectivity index is 2.55. The van der Waals surface area contributed by atoms with Gasteiger partial charge in [-0.3, -0.25) is 4.79 Å². The van der Waals surface area contributed by atoms with Gasteiger partial charge in [-0.2, -0.15) is 4.31 Å². The predicted molar refractivity (Wildman–Crippen MR) is 72.2 cm³/mol. The zero-order chi connectivity index (χ0) is 15.6. The number of amides is 2. The van der Waals surface area contributed by atoms with Crippen LogP contribution >= 0.6 is 0 Å². The molecule has 0 unspecified atom stereocenters. The molecule has 0 aromatic heterocycles. The molecule has 0 aliphatic carbocycles. The maximum atomic E-state index is 11.6. The lowest BCUT2D eigenvalue weighted by Gasteiger charge is -2.34. The molecular formula is C11H21N3O5S. The monoisotopic (exact) mass is 307 g/mol. The van der Waals surface area contributed by atoms with Crippen LogP contribution in [0.5, 0.6) is 0 Å². The summed E-state index contributed by atoms with van der Waals surface area (Å²) in [7, 11) is -4.02. The molecule has 1 rings (SSSR count). The molecule has 1 saturated heterocycles. The van der Waals surface area contributed by atoms with Crippen LogP contribution in [0, 0.1) is 5.92 Å². The molecule has 4 N–H and O–H groups in total. The third kappa shape index (κ3) is 4.34. The first-order valence-corrected chi connectivity index (χ1v) is 7.76. The first kappa shape index (κ1) is 16.7. The smallest absolute Gasteiger partial charge is 0.405 e. The van der Waals surface area contributed by atoms with E-state index in [0.29, 0.717) is 19.3 Å².